The predicted octanol–water partition coefficient (Wildman–Crippen LogP) is 6.85. The van der Waals surface area contributed by atoms with Crippen molar-refractivity contribution in [3.05, 3.63) is 94.5 Å². The lowest BCUT2D eigenvalue weighted by Crippen LogP contribution is -2.08. The van der Waals surface area contributed by atoms with E-state index in [2.05, 4.69) is 15.9 Å². The topological polar surface area (TPSA) is 86.7 Å². The highest BCUT2D eigenvalue weighted by Crippen LogP contribution is 2.21. The van der Waals surface area contributed by atoms with E-state index in [0.717, 1.165) is 15.6 Å². The van der Waals surface area contributed by atoms with Gasteiger partial charge in [-0.3, -0.25) is 19.2 Å². The molecule has 0 aromatic heterocycles. The van der Waals surface area contributed by atoms with Gasteiger partial charge in [-0.05, 0) is 43.2 Å². The Morgan fingerprint density at radius 1 is 0.595 bits per heavy atom. The predicted molar refractivity (Wildman–Crippen MR) is 146 cm³/mol. The molecular formula is C30H31BrO6. The molecule has 0 unspecified atom stereocenters. The number of hydrogen-bond donors (Lipinski definition) is 0. The molecule has 6 nitrogen and oxygen atoms in total. The lowest BCUT2D eigenvalue weighted by atomic mass is 10.00. The van der Waals surface area contributed by atoms with Gasteiger partial charge in [0.2, 0.25) is 0 Å². The van der Waals surface area contributed by atoms with Crippen molar-refractivity contribution in [2.24, 2.45) is 0 Å². The molecule has 3 aromatic carbocycles. The third-order valence-electron chi connectivity index (χ3n) is 5.16. The van der Waals surface area contributed by atoms with Gasteiger partial charge in [-0.15, -0.1) is 0 Å². The van der Waals surface area contributed by atoms with Crippen LogP contribution in [0.2, 0.25) is 0 Å². The van der Waals surface area contributed by atoms with Crippen LogP contribution in [0.3, 0.4) is 0 Å². The van der Waals surface area contributed by atoms with Gasteiger partial charge in [-0.1, -0.05) is 76.6 Å². The summed E-state index contributed by atoms with van der Waals surface area (Å²) in [5.41, 5.74) is 3.30. The quantitative estimate of drug-likeness (QED) is 0.186. The summed E-state index contributed by atoms with van der Waals surface area (Å²) in [6.07, 6.45) is 0.633. The molecule has 7 heteroatoms. The number of carbonyl (C=O) groups is 4. The van der Waals surface area contributed by atoms with E-state index in [1.165, 1.54) is 0 Å². The third kappa shape index (κ3) is 10.9. The van der Waals surface area contributed by atoms with E-state index in [4.69, 9.17) is 9.47 Å². The lowest BCUT2D eigenvalue weighted by molar-refractivity contribution is -0.143. The van der Waals surface area contributed by atoms with Crippen LogP contribution in [0.25, 0.3) is 11.1 Å². The minimum Gasteiger partial charge on any atom is -0.466 e. The van der Waals surface area contributed by atoms with Crippen molar-refractivity contribution in [1.82, 2.24) is 0 Å². The van der Waals surface area contributed by atoms with E-state index < -0.39 is 0 Å². The number of esters is 2. The molecule has 0 aliphatic rings. The summed E-state index contributed by atoms with van der Waals surface area (Å²) >= 11 is 3.29. The van der Waals surface area contributed by atoms with Crippen molar-refractivity contribution >= 4 is 39.4 Å². The highest BCUT2D eigenvalue weighted by Gasteiger charge is 2.11. The molecule has 3 rings (SSSR count). The minimum absolute atomic E-state index is 0.0409. The Labute approximate surface area is 226 Å². The molecule has 0 radical (unpaired) electrons. The average Bonchev–Trinajstić information content (AvgIpc) is 2.91. The van der Waals surface area contributed by atoms with E-state index >= 15 is 0 Å². The number of ketones is 2. The van der Waals surface area contributed by atoms with E-state index in [-0.39, 0.29) is 49.2 Å². The normalized spacial score (nSPS) is 10.0. The first-order valence-corrected chi connectivity index (χ1v) is 12.9. The molecule has 0 saturated carbocycles. The molecule has 0 N–H and O–H groups in total. The molecule has 0 bridgehead atoms. The monoisotopic (exact) mass is 566 g/mol. The van der Waals surface area contributed by atoms with Gasteiger partial charge in [-0.25, -0.2) is 0 Å². The summed E-state index contributed by atoms with van der Waals surface area (Å²) in [5, 5.41) is 0. The van der Waals surface area contributed by atoms with E-state index in [1.807, 2.05) is 54.6 Å². The standard InChI is InChI=1S/C18H18O3.C12H13BrO3/c1-2-21-18(20)12-11-17(19)16-10-6-9-15(13-16)14-7-4-3-5-8-14;1-2-16-12(15)7-6-11(14)9-4-3-5-10(13)8-9/h3-10,13H,2,11-12H2,1H3;3-5,8H,2,6-7H2,1H3. The van der Waals surface area contributed by atoms with Crippen molar-refractivity contribution in [2.75, 3.05) is 13.2 Å². The fourth-order valence-electron chi connectivity index (χ4n) is 3.35. The van der Waals surface area contributed by atoms with Gasteiger partial charge in [0.15, 0.2) is 11.6 Å². The Balaban J connectivity index is 0.000000271. The molecule has 0 atom stereocenters. The second kappa shape index (κ2) is 16.2. The van der Waals surface area contributed by atoms with Crippen LogP contribution in [-0.4, -0.2) is 36.7 Å². The average molecular weight is 567 g/mol. The van der Waals surface area contributed by atoms with Crippen LogP contribution in [0.5, 0.6) is 0 Å². The van der Waals surface area contributed by atoms with Crippen molar-refractivity contribution in [3.8, 4) is 11.1 Å². The maximum absolute atomic E-state index is 12.1. The number of Topliss-reactive ketones (excluding diaryl/α,β-unsaturated/α-hetero) is 2. The summed E-state index contributed by atoms with van der Waals surface area (Å²) in [5.74, 6) is -0.744. The van der Waals surface area contributed by atoms with Gasteiger partial charge in [0.25, 0.3) is 0 Å². The van der Waals surface area contributed by atoms with E-state index in [1.54, 1.807) is 38.1 Å². The summed E-state index contributed by atoms with van der Waals surface area (Å²) < 4.78 is 10.4. The number of benzene rings is 3. The number of ether oxygens (including phenoxy) is 2. The molecule has 0 aliphatic heterocycles. The summed E-state index contributed by atoms with van der Waals surface area (Å²) in [7, 11) is 0. The van der Waals surface area contributed by atoms with Gasteiger partial charge >= 0.3 is 11.9 Å². The van der Waals surface area contributed by atoms with Gasteiger partial charge in [0, 0.05) is 28.4 Å². The van der Waals surface area contributed by atoms with Crippen LogP contribution >= 0.6 is 15.9 Å². The maximum Gasteiger partial charge on any atom is 0.306 e. The number of rotatable bonds is 11. The van der Waals surface area contributed by atoms with Crippen molar-refractivity contribution in [3.63, 3.8) is 0 Å². The van der Waals surface area contributed by atoms with Crippen LogP contribution in [0.1, 0.15) is 60.2 Å². The van der Waals surface area contributed by atoms with E-state index in [0.29, 0.717) is 24.3 Å². The summed E-state index contributed by atoms with van der Waals surface area (Å²) in [6, 6.07) is 24.5. The number of hydrogen-bond acceptors (Lipinski definition) is 6. The highest BCUT2D eigenvalue weighted by atomic mass is 79.9. The molecule has 0 spiro atoms. The molecule has 3 aromatic rings. The van der Waals surface area contributed by atoms with Gasteiger partial charge < -0.3 is 9.47 Å². The first kappa shape index (κ1) is 29.6. The SMILES string of the molecule is CCOC(=O)CCC(=O)c1cccc(-c2ccccc2)c1.CCOC(=O)CCC(=O)c1cccc(Br)c1. The van der Waals surface area contributed by atoms with Gasteiger partial charge in [0.1, 0.15) is 0 Å². The van der Waals surface area contributed by atoms with Gasteiger partial charge in [0.05, 0.1) is 26.1 Å². The molecule has 37 heavy (non-hydrogen) atoms. The fraction of sp³-hybridized carbons (Fsp3) is 0.267. The third-order valence-corrected chi connectivity index (χ3v) is 5.65. The molecule has 0 fully saturated rings. The van der Waals surface area contributed by atoms with E-state index in [9.17, 15) is 19.2 Å². The Hall–Kier alpha value is -3.58. The first-order chi connectivity index (χ1) is 17.8. The highest BCUT2D eigenvalue weighted by molar-refractivity contribution is 9.10. The Kier molecular flexibility index (Phi) is 13.0. The van der Waals surface area contributed by atoms with Crippen LogP contribution < -0.4 is 0 Å². The van der Waals surface area contributed by atoms with Gasteiger partial charge in [-0.2, -0.15) is 0 Å². The minimum atomic E-state index is -0.329. The Morgan fingerprint density at radius 2 is 1.08 bits per heavy atom. The molecule has 0 saturated heterocycles. The molecule has 0 amide bonds. The van der Waals surface area contributed by atoms with Crippen molar-refractivity contribution in [1.29, 1.82) is 0 Å². The second-order valence-corrected chi connectivity index (χ2v) is 8.83. The second-order valence-electron chi connectivity index (χ2n) is 7.91. The van der Waals surface area contributed by atoms with Crippen molar-refractivity contribution in [2.45, 2.75) is 39.5 Å². The van der Waals surface area contributed by atoms with Crippen LogP contribution in [0.4, 0.5) is 0 Å². The zero-order valence-electron chi connectivity index (χ0n) is 21.1. The van der Waals surface area contributed by atoms with Crippen molar-refractivity contribution < 1.29 is 28.7 Å². The molecular weight excluding hydrogens is 536 g/mol. The molecule has 194 valence electrons. The van der Waals surface area contributed by atoms with Crippen LogP contribution in [0, 0.1) is 0 Å². The lowest BCUT2D eigenvalue weighted by Gasteiger charge is -2.05. The number of carbonyl (C=O) groups excluding carboxylic acids is 4. The zero-order valence-corrected chi connectivity index (χ0v) is 22.7. The Morgan fingerprint density at radius 3 is 1.59 bits per heavy atom. The smallest absolute Gasteiger partial charge is 0.306 e. The van der Waals surface area contributed by atoms with Crippen LogP contribution in [0.15, 0.2) is 83.3 Å². The summed E-state index contributed by atoms with van der Waals surface area (Å²) in [4.78, 5) is 46.2. The van der Waals surface area contributed by atoms with Crippen LogP contribution in [-0.2, 0) is 19.1 Å². The Bertz CT molecular complexity index is 1190. The summed E-state index contributed by atoms with van der Waals surface area (Å²) in [6.45, 7) is 4.19. The number of halogens is 1. The molecule has 0 heterocycles. The largest absolute Gasteiger partial charge is 0.466 e. The fourth-order valence-corrected chi connectivity index (χ4v) is 3.75. The zero-order chi connectivity index (χ0) is 27.0. The first-order valence-electron chi connectivity index (χ1n) is 12.1. The maximum atomic E-state index is 12.1. The molecule has 0 aliphatic carbocycles.